The largest absolute Gasteiger partial charge is 0.383 e. The van der Waals surface area contributed by atoms with E-state index in [1.807, 2.05) is 13.1 Å². The summed E-state index contributed by atoms with van der Waals surface area (Å²) in [7, 11) is 3.65. The molecule has 1 aliphatic heterocycles. The Morgan fingerprint density at radius 2 is 2.14 bits per heavy atom. The quantitative estimate of drug-likeness (QED) is 0.728. The van der Waals surface area contributed by atoms with Crippen molar-refractivity contribution in [3.63, 3.8) is 0 Å². The van der Waals surface area contributed by atoms with Gasteiger partial charge in [-0.2, -0.15) is 0 Å². The predicted molar refractivity (Wildman–Crippen MR) is 84.1 cm³/mol. The molecule has 1 N–H and O–H groups in total. The zero-order valence-electron chi connectivity index (χ0n) is 13.3. The minimum Gasteiger partial charge on any atom is -0.383 e. The standard InChI is InChI=1S/C15H24N4O3/c1-18(9-10-22-2)14-11-12(15(20)17-21)3-4-13(14)19-7-5-16-6-8-19/h11,16H,3-10H2,1-2H3. The van der Waals surface area contributed by atoms with Gasteiger partial charge in [-0.1, -0.05) is 0 Å². The second kappa shape index (κ2) is 8.05. The van der Waals surface area contributed by atoms with Crippen LogP contribution in [-0.4, -0.2) is 69.2 Å². The molecule has 22 heavy (non-hydrogen) atoms. The Morgan fingerprint density at radius 1 is 1.41 bits per heavy atom. The zero-order chi connectivity index (χ0) is 15.9. The van der Waals surface area contributed by atoms with Crippen LogP contribution in [0.4, 0.5) is 0 Å². The molecule has 0 radical (unpaired) electrons. The molecule has 0 spiro atoms. The maximum absolute atomic E-state index is 11.6. The summed E-state index contributed by atoms with van der Waals surface area (Å²) < 4.78 is 5.14. The molecule has 1 fully saturated rings. The van der Waals surface area contributed by atoms with Crippen molar-refractivity contribution in [1.29, 1.82) is 0 Å². The number of nitrogens with one attached hydrogen (secondary N) is 1. The van der Waals surface area contributed by atoms with E-state index in [0.717, 1.165) is 44.8 Å². The van der Waals surface area contributed by atoms with Gasteiger partial charge >= 0.3 is 5.91 Å². The molecule has 122 valence electrons. The Morgan fingerprint density at radius 3 is 2.77 bits per heavy atom. The first-order chi connectivity index (χ1) is 10.7. The van der Waals surface area contributed by atoms with Crippen molar-refractivity contribution in [3.8, 4) is 0 Å². The fourth-order valence-corrected chi connectivity index (χ4v) is 2.86. The van der Waals surface area contributed by atoms with Gasteiger partial charge in [0.25, 0.3) is 0 Å². The summed E-state index contributed by atoms with van der Waals surface area (Å²) in [5, 5.41) is 5.90. The van der Waals surface area contributed by atoms with Gasteiger partial charge in [-0.15, -0.1) is 4.91 Å². The summed E-state index contributed by atoms with van der Waals surface area (Å²) in [5.74, 6) is -0.656. The van der Waals surface area contributed by atoms with Gasteiger partial charge in [0.05, 0.1) is 12.3 Å². The van der Waals surface area contributed by atoms with Crippen LogP contribution in [0.1, 0.15) is 12.8 Å². The molecule has 2 rings (SSSR count). The van der Waals surface area contributed by atoms with E-state index in [4.69, 9.17) is 4.74 Å². The van der Waals surface area contributed by atoms with Crippen LogP contribution in [0.25, 0.3) is 0 Å². The molecule has 7 nitrogen and oxygen atoms in total. The Balaban J connectivity index is 2.28. The Kier molecular flexibility index (Phi) is 6.09. The van der Waals surface area contributed by atoms with Gasteiger partial charge in [0.2, 0.25) is 0 Å². The van der Waals surface area contributed by atoms with Crippen LogP contribution in [0.3, 0.4) is 0 Å². The van der Waals surface area contributed by atoms with Gasteiger partial charge in [-0.25, -0.2) is 0 Å². The highest BCUT2D eigenvalue weighted by molar-refractivity contribution is 5.94. The fraction of sp³-hybridized carbons (Fsp3) is 0.667. The number of likely N-dealkylation sites (N-methyl/N-ethyl adjacent to an activating group) is 1. The summed E-state index contributed by atoms with van der Waals surface area (Å²) >= 11 is 0. The van der Waals surface area contributed by atoms with E-state index in [1.54, 1.807) is 7.11 Å². The second-order valence-electron chi connectivity index (χ2n) is 5.55. The van der Waals surface area contributed by atoms with Crippen LogP contribution >= 0.6 is 0 Å². The number of amides is 1. The third kappa shape index (κ3) is 3.92. The third-order valence-corrected chi connectivity index (χ3v) is 4.14. The topological polar surface area (TPSA) is 74.2 Å². The first-order valence-electron chi connectivity index (χ1n) is 7.64. The maximum Gasteiger partial charge on any atom is 0.312 e. The number of hydrogen-bond acceptors (Lipinski definition) is 6. The fourth-order valence-electron chi connectivity index (χ4n) is 2.86. The minimum absolute atomic E-state index is 0.494. The normalized spacial score (nSPS) is 19.0. The molecule has 0 unspecified atom stereocenters. The molecule has 2 aliphatic rings. The molecular weight excluding hydrogens is 284 g/mol. The lowest BCUT2D eigenvalue weighted by molar-refractivity contribution is -0.114. The monoisotopic (exact) mass is 308 g/mol. The van der Waals surface area contributed by atoms with Crippen LogP contribution in [-0.2, 0) is 9.53 Å². The number of piperazine rings is 1. The van der Waals surface area contributed by atoms with Crippen LogP contribution in [0.5, 0.6) is 0 Å². The molecule has 0 aromatic rings. The van der Waals surface area contributed by atoms with Gasteiger partial charge in [-0.3, -0.25) is 4.79 Å². The number of allylic oxidation sites excluding steroid dienone is 2. The van der Waals surface area contributed by atoms with Crippen LogP contribution in [0.15, 0.2) is 28.2 Å². The van der Waals surface area contributed by atoms with Crippen LogP contribution < -0.4 is 5.32 Å². The van der Waals surface area contributed by atoms with Gasteiger partial charge in [-0.05, 0) is 18.9 Å². The highest BCUT2D eigenvalue weighted by atomic mass is 16.5. The smallest absolute Gasteiger partial charge is 0.312 e. The van der Waals surface area contributed by atoms with Crippen molar-refractivity contribution in [1.82, 2.24) is 15.1 Å². The van der Waals surface area contributed by atoms with Crippen molar-refractivity contribution in [2.24, 2.45) is 5.18 Å². The lowest BCUT2D eigenvalue weighted by Gasteiger charge is -2.37. The van der Waals surface area contributed by atoms with Crippen molar-refractivity contribution in [2.75, 3.05) is 53.5 Å². The average Bonchev–Trinajstić information content (AvgIpc) is 2.59. The first-order valence-corrected chi connectivity index (χ1v) is 7.64. The molecule has 0 atom stereocenters. The molecule has 7 heteroatoms. The zero-order valence-corrected chi connectivity index (χ0v) is 13.3. The van der Waals surface area contributed by atoms with E-state index in [2.05, 4.69) is 20.3 Å². The van der Waals surface area contributed by atoms with Crippen molar-refractivity contribution in [3.05, 3.63) is 28.0 Å². The molecule has 1 amide bonds. The van der Waals surface area contributed by atoms with E-state index >= 15 is 0 Å². The van der Waals surface area contributed by atoms with Gasteiger partial charge in [0, 0.05) is 63.3 Å². The van der Waals surface area contributed by atoms with E-state index in [0.29, 0.717) is 18.6 Å². The number of nitrogens with zero attached hydrogens (tertiary/aromatic N) is 3. The number of nitroso groups, excluding NO2 is 1. The SMILES string of the molecule is COCCN(C)C1=C(N2CCNCC2)CCC(C(=O)N=O)=C1. The minimum atomic E-state index is -0.656. The van der Waals surface area contributed by atoms with Crippen molar-refractivity contribution in [2.45, 2.75) is 12.8 Å². The number of carbonyl (C=O) groups excluding carboxylic acids is 1. The van der Waals surface area contributed by atoms with E-state index in [9.17, 15) is 9.70 Å². The highest BCUT2D eigenvalue weighted by Crippen LogP contribution is 2.29. The molecule has 0 aromatic carbocycles. The van der Waals surface area contributed by atoms with Crippen molar-refractivity contribution < 1.29 is 9.53 Å². The lowest BCUT2D eigenvalue weighted by Crippen LogP contribution is -2.44. The highest BCUT2D eigenvalue weighted by Gasteiger charge is 2.25. The summed E-state index contributed by atoms with van der Waals surface area (Å²) in [5.41, 5.74) is 2.73. The van der Waals surface area contributed by atoms with E-state index < -0.39 is 5.91 Å². The number of rotatable bonds is 6. The maximum atomic E-state index is 11.6. The Labute approximate surface area is 130 Å². The van der Waals surface area contributed by atoms with Gasteiger partial charge < -0.3 is 19.9 Å². The molecule has 1 heterocycles. The van der Waals surface area contributed by atoms with E-state index in [1.165, 1.54) is 5.70 Å². The summed E-state index contributed by atoms with van der Waals surface area (Å²) in [6.07, 6.45) is 3.16. The number of hydrogen-bond donors (Lipinski definition) is 1. The van der Waals surface area contributed by atoms with Crippen LogP contribution in [0.2, 0.25) is 0 Å². The molecule has 1 saturated heterocycles. The van der Waals surface area contributed by atoms with Gasteiger partial charge in [0.1, 0.15) is 0 Å². The first kappa shape index (κ1) is 16.6. The van der Waals surface area contributed by atoms with Gasteiger partial charge in [0.15, 0.2) is 0 Å². The average molecular weight is 308 g/mol. The molecule has 0 bridgehead atoms. The Bertz CT molecular complexity index is 481. The predicted octanol–water partition coefficient (Wildman–Crippen LogP) is 0.695. The second-order valence-corrected chi connectivity index (χ2v) is 5.55. The summed E-state index contributed by atoms with van der Waals surface area (Å²) in [6, 6.07) is 0. The van der Waals surface area contributed by atoms with E-state index in [-0.39, 0.29) is 0 Å². The number of methoxy groups -OCH3 is 1. The third-order valence-electron chi connectivity index (χ3n) is 4.14. The Hall–Kier alpha value is -1.73. The summed E-state index contributed by atoms with van der Waals surface area (Å²) in [6.45, 7) is 5.18. The molecule has 0 aromatic heterocycles. The summed E-state index contributed by atoms with van der Waals surface area (Å²) in [4.78, 5) is 26.6. The van der Waals surface area contributed by atoms with Crippen LogP contribution in [0, 0.1) is 4.91 Å². The number of carbonyl (C=O) groups is 1. The van der Waals surface area contributed by atoms with Crippen molar-refractivity contribution >= 4 is 5.91 Å². The molecular formula is C15H24N4O3. The number of ether oxygens (including phenoxy) is 1. The molecule has 0 saturated carbocycles. The molecule has 1 aliphatic carbocycles. The lowest BCUT2D eigenvalue weighted by atomic mass is 9.97.